The molecule has 1 aliphatic heterocycles. The van der Waals surface area contributed by atoms with Crippen molar-refractivity contribution < 1.29 is 4.74 Å². The average Bonchev–Trinajstić information content (AvgIpc) is 2.99. The van der Waals surface area contributed by atoms with E-state index in [0.29, 0.717) is 44.9 Å². The predicted molar refractivity (Wildman–Crippen MR) is 98.4 cm³/mol. The van der Waals surface area contributed by atoms with Crippen LogP contribution >= 0.6 is 0 Å². The predicted octanol–water partition coefficient (Wildman–Crippen LogP) is 4.44. The van der Waals surface area contributed by atoms with Crippen molar-refractivity contribution in [3.63, 3.8) is 0 Å². The number of nitriles is 4. The van der Waals surface area contributed by atoms with Gasteiger partial charge in [0.2, 0.25) is 0 Å². The molecule has 1 aromatic carbocycles. The van der Waals surface area contributed by atoms with Crippen LogP contribution in [0, 0.1) is 45.3 Å². The Hall–Kier alpha value is -4.32. The minimum Gasteiger partial charge on any atom is -0.467 e. The van der Waals surface area contributed by atoms with Crippen LogP contribution in [0.3, 0.4) is 0 Å². The summed E-state index contributed by atoms with van der Waals surface area (Å²) in [4.78, 5) is 0. The molecule has 1 aromatic rings. The molecule has 0 unspecified atom stereocenters. The first-order valence-corrected chi connectivity index (χ1v) is 8.03. The van der Waals surface area contributed by atoms with E-state index < -0.39 is 0 Å². The zero-order valence-electron chi connectivity index (χ0n) is 14.7. The summed E-state index contributed by atoms with van der Waals surface area (Å²) >= 11 is 0. The summed E-state index contributed by atoms with van der Waals surface area (Å²) in [6.45, 7) is 3.58. The quantitative estimate of drug-likeness (QED) is 0.645. The van der Waals surface area contributed by atoms with E-state index in [0.717, 1.165) is 0 Å². The molecule has 1 aliphatic carbocycles. The normalized spacial score (nSPS) is 14.6. The third-order valence-electron chi connectivity index (χ3n) is 4.24. The lowest BCUT2D eigenvalue weighted by molar-refractivity contribution is 0.304. The Morgan fingerprint density at radius 1 is 0.741 bits per heavy atom. The molecule has 0 bridgehead atoms. The molecular weight excluding hydrogens is 336 g/mol. The van der Waals surface area contributed by atoms with E-state index in [2.05, 4.69) is 0 Å². The molecule has 0 radical (unpaired) electrons. The fourth-order valence-electron chi connectivity index (χ4n) is 3.33. The van der Waals surface area contributed by atoms with Crippen LogP contribution in [-0.4, -0.2) is 0 Å². The van der Waals surface area contributed by atoms with Crippen LogP contribution < -0.4 is 0 Å². The second kappa shape index (κ2) is 6.89. The third kappa shape index (κ3) is 2.81. The van der Waals surface area contributed by atoms with Gasteiger partial charge in [-0.3, -0.25) is 0 Å². The molecule has 0 N–H and O–H groups in total. The van der Waals surface area contributed by atoms with Crippen molar-refractivity contribution in [3.8, 4) is 24.3 Å². The van der Waals surface area contributed by atoms with Gasteiger partial charge in [0, 0.05) is 16.7 Å². The first-order chi connectivity index (χ1) is 13.0. The zero-order chi connectivity index (χ0) is 19.6. The highest BCUT2D eigenvalue weighted by Crippen LogP contribution is 2.50. The fourth-order valence-corrected chi connectivity index (χ4v) is 3.33. The van der Waals surface area contributed by atoms with Gasteiger partial charge >= 0.3 is 0 Å². The molecule has 0 aromatic heterocycles. The van der Waals surface area contributed by atoms with Gasteiger partial charge in [0.15, 0.2) is 0 Å². The lowest BCUT2D eigenvalue weighted by atomic mass is 9.91. The van der Waals surface area contributed by atoms with Crippen molar-refractivity contribution in [3.05, 3.63) is 81.4 Å². The lowest BCUT2D eigenvalue weighted by Gasteiger charge is -2.16. The largest absolute Gasteiger partial charge is 0.467 e. The van der Waals surface area contributed by atoms with Crippen molar-refractivity contribution in [2.75, 3.05) is 0 Å². The van der Waals surface area contributed by atoms with Gasteiger partial charge in [-0.2, -0.15) is 21.0 Å². The SMILES string of the molecule is CC1=CC(=C2C(=C(C#N)C#N)c3ccccc3C2=C(C#N)C#N)C=C(C)O1. The molecule has 0 atom stereocenters. The summed E-state index contributed by atoms with van der Waals surface area (Å²) in [5, 5.41) is 38.1. The third-order valence-corrected chi connectivity index (χ3v) is 4.24. The van der Waals surface area contributed by atoms with Crippen LogP contribution in [0.25, 0.3) is 11.1 Å². The smallest absolute Gasteiger partial charge is 0.138 e. The number of fused-ring (bicyclic) bond motifs is 1. The summed E-state index contributed by atoms with van der Waals surface area (Å²) < 4.78 is 5.55. The van der Waals surface area contributed by atoms with E-state index in [-0.39, 0.29) is 11.1 Å². The first kappa shape index (κ1) is 17.5. The van der Waals surface area contributed by atoms with Crippen LogP contribution in [0.4, 0.5) is 0 Å². The Bertz CT molecular complexity index is 1070. The molecule has 0 spiro atoms. The van der Waals surface area contributed by atoms with Crippen molar-refractivity contribution in [1.82, 2.24) is 0 Å². The number of benzene rings is 1. The van der Waals surface area contributed by atoms with Gasteiger partial charge in [-0.25, -0.2) is 0 Å². The minimum absolute atomic E-state index is 0.0706. The van der Waals surface area contributed by atoms with E-state index in [1.807, 2.05) is 24.3 Å². The molecule has 1 heterocycles. The monoisotopic (exact) mass is 348 g/mol. The summed E-state index contributed by atoms with van der Waals surface area (Å²) in [6, 6.07) is 14.9. The van der Waals surface area contributed by atoms with E-state index in [4.69, 9.17) is 4.74 Å². The van der Waals surface area contributed by atoms with E-state index >= 15 is 0 Å². The second-order valence-corrected chi connectivity index (χ2v) is 5.94. The highest BCUT2D eigenvalue weighted by molar-refractivity contribution is 6.13. The Morgan fingerprint density at radius 3 is 1.52 bits per heavy atom. The van der Waals surface area contributed by atoms with Gasteiger partial charge in [-0.1, -0.05) is 24.3 Å². The van der Waals surface area contributed by atoms with Gasteiger partial charge < -0.3 is 4.74 Å². The standard InChI is InChI=1S/C22H12N4O/c1-13-7-15(8-14(2)27-13)22-20(16(9-23)10-24)18-5-3-4-6-19(18)21(22)17(11-25)12-26/h3-8H,1-2H3. The topological polar surface area (TPSA) is 104 Å². The van der Waals surface area contributed by atoms with Crippen LogP contribution in [0.2, 0.25) is 0 Å². The highest BCUT2D eigenvalue weighted by Gasteiger charge is 2.33. The molecular formula is C22H12N4O. The molecule has 0 fully saturated rings. The van der Waals surface area contributed by atoms with Crippen LogP contribution in [-0.2, 0) is 4.74 Å². The summed E-state index contributed by atoms with van der Waals surface area (Å²) in [5.41, 5.74) is 3.23. The van der Waals surface area contributed by atoms with Crippen LogP contribution in [0.1, 0.15) is 25.0 Å². The number of allylic oxidation sites excluding steroid dienone is 10. The maximum atomic E-state index is 9.52. The molecule has 3 rings (SSSR count). The summed E-state index contributed by atoms with van der Waals surface area (Å²) in [7, 11) is 0. The second-order valence-electron chi connectivity index (χ2n) is 5.94. The number of nitrogens with zero attached hydrogens (tertiary/aromatic N) is 4. The average molecular weight is 348 g/mol. The van der Waals surface area contributed by atoms with Crippen molar-refractivity contribution >= 4 is 11.1 Å². The number of hydrogen-bond acceptors (Lipinski definition) is 5. The Kier molecular flexibility index (Phi) is 4.47. The molecule has 0 saturated carbocycles. The van der Waals surface area contributed by atoms with Gasteiger partial charge in [-0.15, -0.1) is 0 Å². The zero-order valence-corrected chi connectivity index (χ0v) is 14.7. The highest BCUT2D eigenvalue weighted by atomic mass is 16.5. The maximum absolute atomic E-state index is 9.52. The number of ether oxygens (including phenoxy) is 1. The van der Waals surface area contributed by atoms with Gasteiger partial charge in [0.05, 0.1) is 0 Å². The van der Waals surface area contributed by atoms with Crippen molar-refractivity contribution in [2.24, 2.45) is 0 Å². The number of rotatable bonds is 0. The van der Waals surface area contributed by atoms with Gasteiger partial charge in [-0.05, 0) is 42.7 Å². The van der Waals surface area contributed by atoms with E-state index in [9.17, 15) is 21.0 Å². The molecule has 0 amide bonds. The van der Waals surface area contributed by atoms with Crippen LogP contribution in [0.5, 0.6) is 0 Å². The summed E-state index contributed by atoms with van der Waals surface area (Å²) in [6.07, 6.45) is 3.54. The lowest BCUT2D eigenvalue weighted by Crippen LogP contribution is -1.99. The molecule has 0 saturated heterocycles. The fraction of sp³-hybridized carbons (Fsp3) is 0.0909. The molecule has 2 aliphatic rings. The number of hydrogen-bond donors (Lipinski definition) is 0. The summed E-state index contributed by atoms with van der Waals surface area (Å²) in [5.74, 6) is 1.27. The Balaban J connectivity index is 2.59. The minimum atomic E-state index is -0.0706. The first-order valence-electron chi connectivity index (χ1n) is 8.03. The van der Waals surface area contributed by atoms with Gasteiger partial charge in [0.1, 0.15) is 46.9 Å². The molecule has 5 heteroatoms. The van der Waals surface area contributed by atoms with E-state index in [1.54, 1.807) is 50.3 Å². The molecule has 5 nitrogen and oxygen atoms in total. The van der Waals surface area contributed by atoms with Crippen molar-refractivity contribution in [1.29, 1.82) is 21.0 Å². The van der Waals surface area contributed by atoms with Crippen LogP contribution in [0.15, 0.2) is 70.2 Å². The van der Waals surface area contributed by atoms with Gasteiger partial charge in [0.25, 0.3) is 0 Å². The van der Waals surface area contributed by atoms with Crippen molar-refractivity contribution in [2.45, 2.75) is 13.8 Å². The molecule has 27 heavy (non-hydrogen) atoms. The maximum Gasteiger partial charge on any atom is 0.138 e. The Labute approximate surface area is 156 Å². The van der Waals surface area contributed by atoms with E-state index in [1.165, 1.54) is 0 Å². The Morgan fingerprint density at radius 2 is 1.15 bits per heavy atom. The molecule has 126 valence electrons.